The fourth-order valence-corrected chi connectivity index (χ4v) is 2.15. The monoisotopic (exact) mass is 269 g/mol. The minimum Gasteiger partial charge on any atom is -0.487 e. The average Bonchev–Trinajstić information content (AvgIpc) is 2.32. The zero-order valence-corrected chi connectivity index (χ0v) is 11.0. The summed E-state index contributed by atoms with van der Waals surface area (Å²) < 4.78 is 19.3. The number of nitro groups is 1. The van der Waals surface area contributed by atoms with Gasteiger partial charge in [-0.05, 0) is 13.0 Å². The third-order valence-electron chi connectivity index (χ3n) is 3.84. The van der Waals surface area contributed by atoms with Gasteiger partial charge in [0.15, 0.2) is 11.6 Å². The van der Waals surface area contributed by atoms with Gasteiger partial charge in [0.2, 0.25) is 0 Å². The highest BCUT2D eigenvalue weighted by Crippen LogP contribution is 2.43. The van der Waals surface area contributed by atoms with Gasteiger partial charge < -0.3 is 9.84 Å². The van der Waals surface area contributed by atoms with Crippen LogP contribution in [0.3, 0.4) is 0 Å². The van der Waals surface area contributed by atoms with Crippen molar-refractivity contribution in [1.82, 2.24) is 0 Å². The first-order valence-electron chi connectivity index (χ1n) is 6.02. The molecule has 0 bridgehead atoms. The van der Waals surface area contributed by atoms with Gasteiger partial charge >= 0.3 is 0 Å². The van der Waals surface area contributed by atoms with Crippen LogP contribution in [0.25, 0.3) is 0 Å². The largest absolute Gasteiger partial charge is 0.487 e. The number of nitro benzene ring substituents is 1. The van der Waals surface area contributed by atoms with Gasteiger partial charge in [0.05, 0.1) is 17.1 Å². The normalized spacial score (nSPS) is 24.7. The van der Waals surface area contributed by atoms with Crippen LogP contribution in [-0.2, 0) is 0 Å². The molecule has 2 unspecified atom stereocenters. The Balaban J connectivity index is 2.23. The van der Waals surface area contributed by atoms with E-state index in [0.29, 0.717) is 12.0 Å². The van der Waals surface area contributed by atoms with Crippen molar-refractivity contribution in [1.29, 1.82) is 0 Å². The van der Waals surface area contributed by atoms with Gasteiger partial charge in [0.1, 0.15) is 6.10 Å². The number of aryl methyl sites for hydroxylation is 1. The van der Waals surface area contributed by atoms with Crippen LogP contribution in [-0.4, -0.2) is 22.2 Å². The molecule has 1 aromatic carbocycles. The fourth-order valence-electron chi connectivity index (χ4n) is 2.15. The minimum absolute atomic E-state index is 0.00641. The standard InChI is InChI=1S/C13H16FNO4/c1-7-4-10(8(14)5-9(7)15(17)18)19-12-6-11(16)13(12,2)3/h4-5,11-12,16H,6H2,1-3H3. The van der Waals surface area contributed by atoms with E-state index in [0.717, 1.165) is 6.07 Å². The lowest BCUT2D eigenvalue weighted by molar-refractivity contribution is -0.385. The summed E-state index contributed by atoms with van der Waals surface area (Å²) in [6.45, 7) is 5.20. The molecule has 0 heterocycles. The van der Waals surface area contributed by atoms with Crippen molar-refractivity contribution >= 4 is 5.69 Å². The van der Waals surface area contributed by atoms with Crippen molar-refractivity contribution in [3.8, 4) is 5.75 Å². The molecule has 0 aromatic heterocycles. The maximum absolute atomic E-state index is 13.8. The molecule has 0 radical (unpaired) electrons. The molecular weight excluding hydrogens is 253 g/mol. The molecule has 5 nitrogen and oxygen atoms in total. The zero-order chi connectivity index (χ0) is 14.4. The second-order valence-electron chi connectivity index (χ2n) is 5.51. The van der Waals surface area contributed by atoms with Gasteiger partial charge in [-0.3, -0.25) is 10.1 Å². The quantitative estimate of drug-likeness (QED) is 0.676. The van der Waals surface area contributed by atoms with E-state index in [9.17, 15) is 19.6 Å². The van der Waals surface area contributed by atoms with Crippen LogP contribution in [0.15, 0.2) is 12.1 Å². The predicted octanol–water partition coefficient (Wildman–Crippen LogP) is 2.58. The molecule has 0 saturated heterocycles. The lowest BCUT2D eigenvalue weighted by Crippen LogP contribution is -2.56. The van der Waals surface area contributed by atoms with E-state index in [-0.39, 0.29) is 17.5 Å². The van der Waals surface area contributed by atoms with Crippen molar-refractivity contribution in [3.05, 3.63) is 33.6 Å². The van der Waals surface area contributed by atoms with Gasteiger partial charge in [-0.2, -0.15) is 0 Å². The summed E-state index contributed by atoms with van der Waals surface area (Å²) in [5.74, 6) is -0.762. The van der Waals surface area contributed by atoms with E-state index in [1.165, 1.54) is 13.0 Å². The summed E-state index contributed by atoms with van der Waals surface area (Å²) in [5, 5.41) is 20.3. The first-order chi connectivity index (χ1) is 8.73. The number of hydrogen-bond acceptors (Lipinski definition) is 4. The molecule has 2 atom stereocenters. The summed E-state index contributed by atoms with van der Waals surface area (Å²) in [6, 6.07) is 2.20. The van der Waals surface area contributed by atoms with Crippen molar-refractivity contribution in [2.45, 2.75) is 39.4 Å². The van der Waals surface area contributed by atoms with Crippen molar-refractivity contribution in [2.24, 2.45) is 5.41 Å². The summed E-state index contributed by atoms with van der Waals surface area (Å²) in [7, 11) is 0. The molecule has 0 amide bonds. The molecule has 1 N–H and O–H groups in total. The summed E-state index contributed by atoms with van der Waals surface area (Å²) >= 11 is 0. The Kier molecular flexibility index (Phi) is 3.22. The maximum Gasteiger partial charge on any atom is 0.275 e. The highest BCUT2D eigenvalue weighted by atomic mass is 19.1. The Bertz CT molecular complexity index is 530. The second-order valence-corrected chi connectivity index (χ2v) is 5.51. The molecule has 1 fully saturated rings. The Morgan fingerprint density at radius 2 is 2.16 bits per heavy atom. The second kappa shape index (κ2) is 4.45. The van der Waals surface area contributed by atoms with E-state index in [1.54, 1.807) is 0 Å². The molecule has 104 valence electrons. The van der Waals surface area contributed by atoms with Crippen LogP contribution in [0.1, 0.15) is 25.8 Å². The summed E-state index contributed by atoms with van der Waals surface area (Å²) in [6.07, 6.45) is -0.333. The molecule has 0 aliphatic heterocycles. The maximum atomic E-state index is 13.8. The summed E-state index contributed by atoms with van der Waals surface area (Å²) in [4.78, 5) is 10.1. The molecule has 19 heavy (non-hydrogen) atoms. The van der Waals surface area contributed by atoms with Crippen molar-refractivity contribution < 1.29 is 19.2 Å². The SMILES string of the molecule is Cc1cc(OC2CC(O)C2(C)C)c(F)cc1[N+](=O)[O-]. The highest BCUT2D eigenvalue weighted by Gasteiger charge is 2.49. The van der Waals surface area contributed by atoms with Gasteiger partial charge in [-0.15, -0.1) is 0 Å². The Hall–Kier alpha value is -1.69. The molecule has 1 aliphatic carbocycles. The first-order valence-corrected chi connectivity index (χ1v) is 6.02. The van der Waals surface area contributed by atoms with Crippen LogP contribution in [0.2, 0.25) is 0 Å². The van der Waals surface area contributed by atoms with E-state index in [4.69, 9.17) is 4.74 Å². The van der Waals surface area contributed by atoms with Gasteiger partial charge in [0.25, 0.3) is 5.69 Å². The number of halogens is 1. The van der Waals surface area contributed by atoms with E-state index < -0.39 is 22.3 Å². The van der Waals surface area contributed by atoms with Crippen LogP contribution in [0.4, 0.5) is 10.1 Å². The van der Waals surface area contributed by atoms with Crippen LogP contribution in [0.5, 0.6) is 5.75 Å². The minimum atomic E-state index is -0.755. The fraction of sp³-hybridized carbons (Fsp3) is 0.538. The topological polar surface area (TPSA) is 72.6 Å². The number of rotatable bonds is 3. The molecule has 6 heteroatoms. The lowest BCUT2D eigenvalue weighted by atomic mass is 9.66. The Labute approximate surface area is 110 Å². The molecule has 1 saturated carbocycles. The van der Waals surface area contributed by atoms with Crippen molar-refractivity contribution in [2.75, 3.05) is 0 Å². The summed E-state index contributed by atoms with van der Waals surface area (Å²) in [5.41, 5.74) is -0.362. The van der Waals surface area contributed by atoms with Gasteiger partial charge in [-0.25, -0.2) is 4.39 Å². The van der Waals surface area contributed by atoms with E-state index in [2.05, 4.69) is 0 Å². The van der Waals surface area contributed by atoms with Gasteiger partial charge in [-0.1, -0.05) is 13.8 Å². The Morgan fingerprint density at radius 3 is 2.63 bits per heavy atom. The van der Waals surface area contributed by atoms with E-state index >= 15 is 0 Å². The van der Waals surface area contributed by atoms with Gasteiger partial charge in [0, 0.05) is 17.4 Å². The predicted molar refractivity (Wildman–Crippen MR) is 66.6 cm³/mol. The van der Waals surface area contributed by atoms with Crippen LogP contribution < -0.4 is 4.74 Å². The lowest BCUT2D eigenvalue weighted by Gasteiger charge is -2.48. The number of nitrogens with zero attached hydrogens (tertiary/aromatic N) is 1. The Morgan fingerprint density at radius 1 is 1.53 bits per heavy atom. The number of aliphatic hydroxyl groups excluding tert-OH is 1. The highest BCUT2D eigenvalue weighted by molar-refractivity contribution is 5.45. The van der Waals surface area contributed by atoms with Crippen LogP contribution in [0, 0.1) is 28.3 Å². The molecule has 0 spiro atoms. The third-order valence-corrected chi connectivity index (χ3v) is 3.84. The molecular formula is C13H16FNO4. The average molecular weight is 269 g/mol. The number of benzene rings is 1. The number of hydrogen-bond donors (Lipinski definition) is 1. The molecule has 1 aromatic rings. The van der Waals surface area contributed by atoms with E-state index in [1.807, 2.05) is 13.8 Å². The zero-order valence-electron chi connectivity index (χ0n) is 11.0. The molecule has 1 aliphatic rings. The third kappa shape index (κ3) is 2.28. The van der Waals surface area contributed by atoms with Crippen molar-refractivity contribution in [3.63, 3.8) is 0 Å². The van der Waals surface area contributed by atoms with Crippen LogP contribution >= 0.6 is 0 Å². The smallest absolute Gasteiger partial charge is 0.275 e. The number of ether oxygens (including phenoxy) is 1. The first kappa shape index (κ1) is 13.7. The molecule has 2 rings (SSSR count). The number of aliphatic hydroxyl groups is 1.